The Bertz CT molecular complexity index is 1290. The molecule has 0 unspecified atom stereocenters. The number of amides is 1. The van der Waals surface area contributed by atoms with Crippen LogP contribution in [0.5, 0.6) is 11.5 Å². The normalized spacial score (nSPS) is 15.9. The van der Waals surface area contributed by atoms with E-state index in [1.807, 2.05) is 72.9 Å². The number of para-hydroxylation sites is 1. The van der Waals surface area contributed by atoms with Crippen molar-refractivity contribution in [3.63, 3.8) is 0 Å². The summed E-state index contributed by atoms with van der Waals surface area (Å²) in [4.78, 5) is 24.2. The van der Waals surface area contributed by atoms with Crippen LogP contribution in [0.1, 0.15) is 21.5 Å². The van der Waals surface area contributed by atoms with Gasteiger partial charge in [-0.3, -0.25) is 4.79 Å². The molecular weight excluding hydrogens is 513 g/mol. The molecular formula is C26H18IN3O2. The monoisotopic (exact) mass is 531 g/mol. The van der Waals surface area contributed by atoms with Gasteiger partial charge in [0.15, 0.2) is 5.84 Å². The molecule has 0 radical (unpaired) electrons. The maximum atomic E-state index is 13.0. The van der Waals surface area contributed by atoms with Crippen LogP contribution in [-0.4, -0.2) is 22.5 Å². The zero-order valence-electron chi connectivity index (χ0n) is 17.0. The highest BCUT2D eigenvalue weighted by atomic mass is 127. The first-order valence-electron chi connectivity index (χ1n) is 10.1. The van der Waals surface area contributed by atoms with Gasteiger partial charge < -0.3 is 9.64 Å². The van der Waals surface area contributed by atoms with E-state index in [4.69, 9.17) is 9.73 Å². The molecule has 0 aliphatic carbocycles. The molecule has 5 nitrogen and oxygen atoms in total. The number of ether oxygens (including phenoxy) is 1. The van der Waals surface area contributed by atoms with Gasteiger partial charge in [0.25, 0.3) is 5.91 Å². The fourth-order valence-electron chi connectivity index (χ4n) is 3.50. The van der Waals surface area contributed by atoms with Crippen molar-refractivity contribution in [3.05, 3.63) is 117 Å². The summed E-state index contributed by atoms with van der Waals surface area (Å²) in [6.07, 6.45) is 5.99. The van der Waals surface area contributed by atoms with Gasteiger partial charge in [-0.25, -0.2) is 4.99 Å². The molecule has 32 heavy (non-hydrogen) atoms. The molecule has 0 bridgehead atoms. The zero-order chi connectivity index (χ0) is 21.9. The number of nitrogens with zero attached hydrogens (tertiary/aromatic N) is 3. The highest BCUT2D eigenvalue weighted by molar-refractivity contribution is 14.1. The second-order valence-electron chi connectivity index (χ2n) is 7.28. The lowest BCUT2D eigenvalue weighted by molar-refractivity contribution is 0.100. The fourth-order valence-corrected chi connectivity index (χ4v) is 4.02. The van der Waals surface area contributed by atoms with Gasteiger partial charge in [-0.05, 0) is 76.7 Å². The SMILES string of the molecule is O=C(N=C1N=C2C=CC(I)=CN2Cc2ccccc21)c1ccc(Oc2ccccc2)cc1. The van der Waals surface area contributed by atoms with Crippen LogP contribution in [-0.2, 0) is 6.54 Å². The van der Waals surface area contributed by atoms with Gasteiger partial charge in [0.2, 0.25) is 0 Å². The zero-order valence-corrected chi connectivity index (χ0v) is 19.1. The Morgan fingerprint density at radius 3 is 2.44 bits per heavy atom. The van der Waals surface area contributed by atoms with E-state index < -0.39 is 0 Å². The Morgan fingerprint density at radius 1 is 0.906 bits per heavy atom. The van der Waals surface area contributed by atoms with E-state index in [1.165, 1.54) is 0 Å². The molecule has 1 amide bonds. The summed E-state index contributed by atoms with van der Waals surface area (Å²) in [6, 6.07) is 24.4. The number of fused-ring (bicyclic) bond motifs is 2. The van der Waals surface area contributed by atoms with Crippen LogP contribution >= 0.6 is 22.6 Å². The van der Waals surface area contributed by atoms with E-state index in [9.17, 15) is 4.79 Å². The van der Waals surface area contributed by atoms with Crippen LogP contribution in [0, 0.1) is 0 Å². The van der Waals surface area contributed by atoms with Gasteiger partial charge in [-0.1, -0.05) is 42.5 Å². The van der Waals surface area contributed by atoms with Crippen LogP contribution in [0.4, 0.5) is 0 Å². The topological polar surface area (TPSA) is 54.3 Å². The van der Waals surface area contributed by atoms with Gasteiger partial charge >= 0.3 is 0 Å². The molecule has 156 valence electrons. The number of aliphatic imine (C=N–C) groups is 2. The molecule has 0 aromatic heterocycles. The molecule has 2 aliphatic heterocycles. The van der Waals surface area contributed by atoms with Crippen LogP contribution in [0.3, 0.4) is 0 Å². The lowest BCUT2D eigenvalue weighted by atomic mass is 10.1. The summed E-state index contributed by atoms with van der Waals surface area (Å²) in [7, 11) is 0. The van der Waals surface area contributed by atoms with E-state index in [0.29, 0.717) is 23.7 Å². The molecule has 0 saturated carbocycles. The summed E-state index contributed by atoms with van der Waals surface area (Å²) in [5.74, 6) is 2.24. The summed E-state index contributed by atoms with van der Waals surface area (Å²) >= 11 is 2.28. The third-order valence-corrected chi connectivity index (χ3v) is 5.71. The van der Waals surface area contributed by atoms with Crippen molar-refractivity contribution in [2.75, 3.05) is 0 Å². The number of benzene rings is 3. The minimum Gasteiger partial charge on any atom is -0.457 e. The lowest BCUT2D eigenvalue weighted by Gasteiger charge is -2.21. The van der Waals surface area contributed by atoms with Gasteiger partial charge in [-0.2, -0.15) is 4.99 Å². The predicted octanol–water partition coefficient (Wildman–Crippen LogP) is 6.13. The van der Waals surface area contributed by atoms with Crippen molar-refractivity contribution in [1.29, 1.82) is 0 Å². The van der Waals surface area contributed by atoms with Gasteiger partial charge in [0.05, 0.1) is 0 Å². The number of hydrogen-bond acceptors (Lipinski definition) is 3. The molecule has 2 aliphatic rings. The van der Waals surface area contributed by atoms with E-state index in [-0.39, 0.29) is 5.91 Å². The first-order valence-corrected chi connectivity index (χ1v) is 11.2. The molecule has 6 heteroatoms. The average molecular weight is 531 g/mol. The van der Waals surface area contributed by atoms with Crippen LogP contribution < -0.4 is 4.74 Å². The third-order valence-electron chi connectivity index (χ3n) is 5.07. The number of allylic oxidation sites excluding steroid dienone is 2. The van der Waals surface area contributed by atoms with E-state index in [2.05, 4.69) is 32.5 Å². The molecule has 5 rings (SSSR count). The number of rotatable bonds is 3. The van der Waals surface area contributed by atoms with E-state index in [0.717, 1.165) is 26.3 Å². The summed E-state index contributed by atoms with van der Waals surface area (Å²) < 4.78 is 6.92. The van der Waals surface area contributed by atoms with Crippen molar-refractivity contribution >= 4 is 40.2 Å². The van der Waals surface area contributed by atoms with Crippen molar-refractivity contribution in [2.24, 2.45) is 9.98 Å². The quantitative estimate of drug-likeness (QED) is 0.383. The molecule has 3 aromatic carbocycles. The molecule has 3 aromatic rings. The van der Waals surface area contributed by atoms with Crippen LogP contribution in [0.2, 0.25) is 0 Å². The largest absolute Gasteiger partial charge is 0.457 e. The second-order valence-corrected chi connectivity index (χ2v) is 8.53. The smallest absolute Gasteiger partial charge is 0.279 e. The standard InChI is InChI=1S/C26H18IN3O2/c27-20-12-15-24-28-25(23-9-5-4-6-19(23)16-30(24)17-20)29-26(31)18-10-13-22(14-11-18)32-21-7-2-1-3-8-21/h1-15,17H,16H2. The van der Waals surface area contributed by atoms with E-state index >= 15 is 0 Å². The molecule has 0 saturated heterocycles. The van der Waals surface area contributed by atoms with Gasteiger partial charge in [-0.15, -0.1) is 0 Å². The predicted molar refractivity (Wildman–Crippen MR) is 134 cm³/mol. The maximum absolute atomic E-state index is 13.0. The molecule has 2 heterocycles. The number of amidine groups is 2. The van der Waals surface area contributed by atoms with Crippen molar-refractivity contribution in [1.82, 2.24) is 4.90 Å². The minimum absolute atomic E-state index is 0.344. The highest BCUT2D eigenvalue weighted by Gasteiger charge is 2.21. The Labute approximate surface area is 199 Å². The number of carbonyl (C=O) groups is 1. The van der Waals surface area contributed by atoms with Crippen molar-refractivity contribution in [2.45, 2.75) is 6.54 Å². The Hall–Kier alpha value is -3.52. The summed E-state index contributed by atoms with van der Waals surface area (Å²) in [5.41, 5.74) is 2.41. The summed E-state index contributed by atoms with van der Waals surface area (Å²) in [5, 5.41) is 0. The minimum atomic E-state index is -0.344. The average Bonchev–Trinajstić information content (AvgIpc) is 2.96. The molecule has 0 spiro atoms. The van der Waals surface area contributed by atoms with Crippen LogP contribution in [0.25, 0.3) is 0 Å². The van der Waals surface area contributed by atoms with Gasteiger partial charge in [0, 0.05) is 27.5 Å². The maximum Gasteiger partial charge on any atom is 0.279 e. The first-order chi connectivity index (χ1) is 15.7. The summed E-state index contributed by atoms with van der Waals surface area (Å²) in [6.45, 7) is 0.671. The Morgan fingerprint density at radius 2 is 1.62 bits per heavy atom. The Kier molecular flexibility index (Phi) is 5.68. The van der Waals surface area contributed by atoms with E-state index in [1.54, 1.807) is 24.3 Å². The third kappa shape index (κ3) is 4.40. The number of halogens is 1. The number of carbonyl (C=O) groups excluding carboxylic acids is 1. The highest BCUT2D eigenvalue weighted by Crippen LogP contribution is 2.25. The fraction of sp³-hybridized carbons (Fsp3) is 0.0385. The van der Waals surface area contributed by atoms with Gasteiger partial charge in [0.1, 0.15) is 17.3 Å². The molecule has 0 atom stereocenters. The number of hydrogen-bond donors (Lipinski definition) is 0. The van der Waals surface area contributed by atoms with Crippen molar-refractivity contribution < 1.29 is 9.53 Å². The Balaban J connectivity index is 1.45. The van der Waals surface area contributed by atoms with Crippen molar-refractivity contribution in [3.8, 4) is 11.5 Å². The molecule has 0 fully saturated rings. The first kappa shape index (κ1) is 20.4. The van der Waals surface area contributed by atoms with Crippen LogP contribution in [0.15, 0.2) is 111 Å². The molecule has 0 N–H and O–H groups in total. The lowest BCUT2D eigenvalue weighted by Crippen LogP contribution is -2.24. The second kappa shape index (κ2) is 8.92.